The molecule has 0 saturated carbocycles. The molecule has 2 rings (SSSR count). The molecule has 0 unspecified atom stereocenters. The van der Waals surface area contributed by atoms with Crippen molar-refractivity contribution in [3.8, 4) is 0 Å². The molecular weight excluding hydrogens is 320 g/mol. The predicted octanol–water partition coefficient (Wildman–Crippen LogP) is 3.03. The second kappa shape index (κ2) is 5.82. The second-order valence-corrected chi connectivity index (χ2v) is 7.10. The summed E-state index contributed by atoms with van der Waals surface area (Å²) in [6, 6.07) is 8.05. The van der Waals surface area contributed by atoms with E-state index in [2.05, 4.69) is 10.0 Å². The van der Waals surface area contributed by atoms with Crippen LogP contribution >= 0.6 is 22.9 Å². The van der Waals surface area contributed by atoms with Gasteiger partial charge in [-0.1, -0.05) is 17.7 Å². The Hall–Kier alpha value is -1.57. The molecule has 20 heavy (non-hydrogen) atoms. The molecule has 0 fully saturated rings. The molecule has 2 aromatic rings. The van der Waals surface area contributed by atoms with Crippen molar-refractivity contribution in [2.24, 2.45) is 0 Å². The lowest BCUT2D eigenvalue weighted by Crippen LogP contribution is -2.12. The van der Waals surface area contributed by atoms with E-state index in [1.54, 1.807) is 23.6 Å². The Morgan fingerprint density at radius 3 is 2.60 bits per heavy atom. The number of halogens is 1. The summed E-state index contributed by atoms with van der Waals surface area (Å²) in [5.41, 5.74) is 0.760. The number of hydrogen-bond acceptors (Lipinski definition) is 4. The maximum Gasteiger partial charge on any atom is 0.265 e. The minimum absolute atomic E-state index is 0.208. The third kappa shape index (κ3) is 3.96. The van der Waals surface area contributed by atoms with Crippen molar-refractivity contribution < 1.29 is 13.2 Å². The molecule has 0 saturated heterocycles. The van der Waals surface area contributed by atoms with Gasteiger partial charge in [0, 0.05) is 5.69 Å². The van der Waals surface area contributed by atoms with Gasteiger partial charge in [0.05, 0.1) is 21.8 Å². The summed E-state index contributed by atoms with van der Waals surface area (Å²) in [5.74, 6) is -0.236. The topological polar surface area (TPSA) is 75.3 Å². The van der Waals surface area contributed by atoms with Crippen molar-refractivity contribution in [1.82, 2.24) is 0 Å². The lowest BCUT2D eigenvalue weighted by Gasteiger charge is -2.09. The van der Waals surface area contributed by atoms with Crippen molar-refractivity contribution in [2.45, 2.75) is 0 Å². The predicted molar refractivity (Wildman–Crippen MR) is 82.2 cm³/mol. The van der Waals surface area contributed by atoms with Crippen LogP contribution < -0.4 is 10.0 Å². The monoisotopic (exact) mass is 330 g/mol. The molecule has 0 aliphatic carbocycles. The lowest BCUT2D eigenvalue weighted by molar-refractivity contribution is 0.103. The van der Waals surface area contributed by atoms with Crippen LogP contribution in [-0.2, 0) is 10.0 Å². The Morgan fingerprint density at radius 2 is 2.05 bits per heavy atom. The van der Waals surface area contributed by atoms with Gasteiger partial charge in [-0.25, -0.2) is 8.42 Å². The quantitative estimate of drug-likeness (QED) is 0.904. The molecule has 1 aromatic carbocycles. The Labute approximate surface area is 125 Å². The molecule has 1 amide bonds. The fourth-order valence-corrected chi connectivity index (χ4v) is 2.96. The van der Waals surface area contributed by atoms with Gasteiger partial charge in [0.25, 0.3) is 5.91 Å². The van der Waals surface area contributed by atoms with E-state index in [1.165, 1.54) is 23.5 Å². The van der Waals surface area contributed by atoms with E-state index in [-0.39, 0.29) is 16.6 Å². The first-order valence-electron chi connectivity index (χ1n) is 5.47. The minimum atomic E-state index is -3.39. The first kappa shape index (κ1) is 14.8. The zero-order valence-electron chi connectivity index (χ0n) is 10.4. The Balaban J connectivity index is 2.15. The number of nitrogens with one attached hydrogen (secondary N) is 2. The molecule has 0 bridgehead atoms. The molecule has 0 spiro atoms. The number of carbonyl (C=O) groups is 1. The SMILES string of the molecule is CS(=O)(=O)Nc1ccc(NC(=O)c2cccs2)cc1Cl. The number of sulfonamides is 1. The summed E-state index contributed by atoms with van der Waals surface area (Å²) >= 11 is 7.30. The van der Waals surface area contributed by atoms with Crippen LogP contribution in [0.3, 0.4) is 0 Å². The summed E-state index contributed by atoms with van der Waals surface area (Å²) in [6.45, 7) is 0. The van der Waals surface area contributed by atoms with Gasteiger partial charge in [0.2, 0.25) is 10.0 Å². The van der Waals surface area contributed by atoms with Crippen LogP contribution in [0.2, 0.25) is 5.02 Å². The van der Waals surface area contributed by atoms with E-state index in [0.717, 1.165) is 6.26 Å². The summed E-state index contributed by atoms with van der Waals surface area (Å²) in [4.78, 5) is 12.4. The summed E-state index contributed by atoms with van der Waals surface area (Å²) in [5, 5.41) is 4.70. The van der Waals surface area contributed by atoms with Gasteiger partial charge in [-0.15, -0.1) is 11.3 Å². The van der Waals surface area contributed by atoms with Gasteiger partial charge in [-0.3, -0.25) is 9.52 Å². The lowest BCUT2D eigenvalue weighted by atomic mass is 10.3. The highest BCUT2D eigenvalue weighted by molar-refractivity contribution is 7.92. The van der Waals surface area contributed by atoms with Crippen LogP contribution in [0.15, 0.2) is 35.7 Å². The van der Waals surface area contributed by atoms with E-state index in [9.17, 15) is 13.2 Å². The standard InChI is InChI=1S/C12H11ClN2O3S2/c1-20(17,18)15-10-5-4-8(7-9(10)13)14-12(16)11-3-2-6-19-11/h2-7,15H,1H3,(H,14,16). The zero-order chi connectivity index (χ0) is 14.8. The normalized spacial score (nSPS) is 11.1. The number of thiophene rings is 1. The van der Waals surface area contributed by atoms with Gasteiger partial charge < -0.3 is 5.32 Å². The van der Waals surface area contributed by atoms with E-state index < -0.39 is 10.0 Å². The van der Waals surface area contributed by atoms with Crippen LogP contribution in [0.4, 0.5) is 11.4 Å². The molecule has 0 aliphatic rings. The van der Waals surface area contributed by atoms with Gasteiger partial charge in [0.1, 0.15) is 0 Å². The third-order valence-corrected chi connectivity index (χ3v) is 4.04. The first-order valence-corrected chi connectivity index (χ1v) is 8.62. The summed E-state index contributed by atoms with van der Waals surface area (Å²) in [7, 11) is -3.39. The molecule has 5 nitrogen and oxygen atoms in total. The van der Waals surface area contributed by atoms with Crippen LogP contribution in [0.1, 0.15) is 9.67 Å². The number of benzene rings is 1. The van der Waals surface area contributed by atoms with Gasteiger partial charge in [-0.2, -0.15) is 0 Å². The third-order valence-electron chi connectivity index (χ3n) is 2.27. The van der Waals surface area contributed by atoms with Crippen LogP contribution in [-0.4, -0.2) is 20.6 Å². The minimum Gasteiger partial charge on any atom is -0.321 e. The molecular formula is C12H11ClN2O3S2. The molecule has 8 heteroatoms. The van der Waals surface area contributed by atoms with Gasteiger partial charge in [-0.05, 0) is 29.6 Å². The Morgan fingerprint density at radius 1 is 1.30 bits per heavy atom. The largest absolute Gasteiger partial charge is 0.321 e. The second-order valence-electron chi connectivity index (χ2n) is 4.00. The number of rotatable bonds is 4. The number of carbonyl (C=O) groups excluding carboxylic acids is 1. The van der Waals surface area contributed by atoms with E-state index in [1.807, 2.05) is 0 Å². The smallest absolute Gasteiger partial charge is 0.265 e. The molecule has 2 N–H and O–H groups in total. The van der Waals surface area contributed by atoms with E-state index >= 15 is 0 Å². The van der Waals surface area contributed by atoms with Crippen LogP contribution in [0.5, 0.6) is 0 Å². The fraction of sp³-hybridized carbons (Fsp3) is 0.0833. The highest BCUT2D eigenvalue weighted by Gasteiger charge is 2.10. The Bertz CT molecular complexity index is 727. The Kier molecular flexibility index (Phi) is 4.32. The van der Waals surface area contributed by atoms with Gasteiger partial charge >= 0.3 is 0 Å². The van der Waals surface area contributed by atoms with Gasteiger partial charge in [0.15, 0.2) is 0 Å². The number of hydrogen-bond donors (Lipinski definition) is 2. The average Bonchev–Trinajstić information content (AvgIpc) is 2.85. The molecule has 1 heterocycles. The summed E-state index contributed by atoms with van der Waals surface area (Å²) in [6.07, 6.45) is 1.04. The van der Waals surface area contributed by atoms with Crippen LogP contribution in [0.25, 0.3) is 0 Å². The molecule has 0 atom stereocenters. The van der Waals surface area contributed by atoms with Crippen molar-refractivity contribution in [1.29, 1.82) is 0 Å². The molecule has 0 aliphatic heterocycles. The van der Waals surface area contributed by atoms with Crippen molar-refractivity contribution in [3.63, 3.8) is 0 Å². The highest BCUT2D eigenvalue weighted by atomic mass is 35.5. The molecule has 0 radical (unpaired) electrons. The van der Waals surface area contributed by atoms with Crippen molar-refractivity contribution in [3.05, 3.63) is 45.6 Å². The fourth-order valence-electron chi connectivity index (χ4n) is 1.48. The van der Waals surface area contributed by atoms with E-state index in [4.69, 9.17) is 11.6 Å². The van der Waals surface area contributed by atoms with Crippen molar-refractivity contribution >= 4 is 50.2 Å². The maximum absolute atomic E-state index is 11.8. The molecule has 106 valence electrons. The highest BCUT2D eigenvalue weighted by Crippen LogP contribution is 2.26. The maximum atomic E-state index is 11.8. The molecule has 1 aromatic heterocycles. The summed E-state index contributed by atoms with van der Waals surface area (Å²) < 4.78 is 24.6. The first-order chi connectivity index (χ1) is 9.35. The zero-order valence-corrected chi connectivity index (χ0v) is 12.8. The number of anilines is 2. The number of amides is 1. The van der Waals surface area contributed by atoms with Crippen molar-refractivity contribution in [2.75, 3.05) is 16.3 Å². The average molecular weight is 331 g/mol. The van der Waals surface area contributed by atoms with E-state index in [0.29, 0.717) is 10.6 Å². The van der Waals surface area contributed by atoms with Crippen LogP contribution in [0, 0.1) is 0 Å².